The van der Waals surface area contributed by atoms with Crippen molar-refractivity contribution >= 4 is 28.7 Å². The molecule has 10 heteroatoms. The van der Waals surface area contributed by atoms with E-state index in [1.165, 1.54) is 7.11 Å². The first-order chi connectivity index (χ1) is 19.8. The summed E-state index contributed by atoms with van der Waals surface area (Å²) < 4.78 is 17.6. The zero-order valence-electron chi connectivity index (χ0n) is 23.1. The molecule has 2 fully saturated rings. The SMILES string of the molecule is COc1cccc(C#N)c1CNC(=O)C1(C)COc2c(oc3cc(C(=O)NC4CCC4)ccc23)C(=O)N1CC1CC1. The second-order valence-corrected chi connectivity index (χ2v) is 11.3. The van der Waals surface area contributed by atoms with Crippen LogP contribution in [0.4, 0.5) is 0 Å². The van der Waals surface area contributed by atoms with E-state index in [9.17, 15) is 19.6 Å². The zero-order chi connectivity index (χ0) is 28.7. The molecule has 2 heterocycles. The van der Waals surface area contributed by atoms with Crippen molar-refractivity contribution in [1.82, 2.24) is 15.5 Å². The van der Waals surface area contributed by atoms with Gasteiger partial charge in [-0.15, -0.1) is 0 Å². The Kier molecular flexibility index (Phi) is 6.81. The number of carbonyl (C=O) groups is 3. The number of ether oxygens (including phenoxy) is 2. The van der Waals surface area contributed by atoms with E-state index in [-0.39, 0.29) is 36.6 Å². The Labute approximate surface area is 237 Å². The lowest BCUT2D eigenvalue weighted by Crippen LogP contribution is -2.61. The number of amides is 3. The van der Waals surface area contributed by atoms with E-state index >= 15 is 0 Å². The molecular formula is C31H32N4O6. The molecular weight excluding hydrogens is 524 g/mol. The van der Waals surface area contributed by atoms with Crippen molar-refractivity contribution in [2.75, 3.05) is 20.3 Å². The third-order valence-electron chi connectivity index (χ3n) is 8.41. The van der Waals surface area contributed by atoms with Crippen molar-refractivity contribution in [3.63, 3.8) is 0 Å². The third-order valence-corrected chi connectivity index (χ3v) is 8.41. The van der Waals surface area contributed by atoms with Gasteiger partial charge in [0.1, 0.15) is 17.9 Å². The summed E-state index contributed by atoms with van der Waals surface area (Å²) in [6.45, 7) is 2.02. The largest absolute Gasteiger partial charge is 0.496 e. The first kappa shape index (κ1) is 26.7. The normalized spacial score (nSPS) is 20.3. The van der Waals surface area contributed by atoms with Gasteiger partial charge >= 0.3 is 0 Å². The number of furan rings is 1. The zero-order valence-corrected chi connectivity index (χ0v) is 23.1. The first-order valence-electron chi connectivity index (χ1n) is 14.0. The number of carbonyl (C=O) groups excluding carboxylic acids is 3. The van der Waals surface area contributed by atoms with Gasteiger partial charge in [-0.05, 0) is 75.3 Å². The molecule has 3 amide bonds. The maximum Gasteiger partial charge on any atom is 0.294 e. The number of nitriles is 1. The van der Waals surface area contributed by atoms with Gasteiger partial charge in [0.15, 0.2) is 11.3 Å². The maximum absolute atomic E-state index is 14.0. The Balaban J connectivity index is 1.28. The molecule has 0 spiro atoms. The van der Waals surface area contributed by atoms with Crippen molar-refractivity contribution in [2.45, 2.75) is 57.2 Å². The van der Waals surface area contributed by atoms with Crippen LogP contribution >= 0.6 is 0 Å². The molecule has 0 bridgehead atoms. The predicted molar refractivity (Wildman–Crippen MR) is 149 cm³/mol. The van der Waals surface area contributed by atoms with Gasteiger partial charge in [-0.2, -0.15) is 5.26 Å². The number of benzene rings is 2. The smallest absolute Gasteiger partial charge is 0.294 e. The summed E-state index contributed by atoms with van der Waals surface area (Å²) in [6.07, 6.45) is 5.02. The van der Waals surface area contributed by atoms with Gasteiger partial charge in [0.25, 0.3) is 11.8 Å². The average Bonchev–Trinajstić information content (AvgIpc) is 3.73. The monoisotopic (exact) mass is 556 g/mol. The number of methoxy groups -OCH3 is 1. The van der Waals surface area contributed by atoms with Crippen molar-refractivity contribution in [3.05, 3.63) is 58.8 Å². The lowest BCUT2D eigenvalue weighted by molar-refractivity contribution is -0.133. The Morgan fingerprint density at radius 1 is 1.20 bits per heavy atom. The van der Waals surface area contributed by atoms with E-state index in [1.54, 1.807) is 48.2 Å². The fourth-order valence-electron chi connectivity index (χ4n) is 5.39. The lowest BCUT2D eigenvalue weighted by Gasteiger charge is -2.37. The van der Waals surface area contributed by atoms with Crippen LogP contribution in [0.3, 0.4) is 0 Å². The fourth-order valence-corrected chi connectivity index (χ4v) is 5.39. The highest BCUT2D eigenvalue weighted by Crippen LogP contribution is 2.41. The molecule has 212 valence electrons. The topological polar surface area (TPSA) is 134 Å². The fraction of sp³-hybridized carbons (Fsp3) is 0.419. The standard InChI is InChI=1S/C31H32N4O6/c1-31(30(38)33-15-23-20(14-32)5-3-8-24(23)39-2)17-40-26-22-12-11-19(28(36)34-21-6-4-7-21)13-25(22)41-27(26)29(37)35(31)16-18-9-10-18/h3,5,8,11-13,18,21H,4,6-7,9-10,15-17H2,1-2H3,(H,33,38)(H,34,36). The van der Waals surface area contributed by atoms with Crippen LogP contribution in [-0.4, -0.2) is 54.5 Å². The van der Waals surface area contributed by atoms with Crippen LogP contribution in [0, 0.1) is 17.2 Å². The molecule has 1 aromatic heterocycles. The Morgan fingerprint density at radius 2 is 2.00 bits per heavy atom. The predicted octanol–water partition coefficient (Wildman–Crippen LogP) is 3.92. The van der Waals surface area contributed by atoms with Crippen molar-refractivity contribution in [3.8, 4) is 17.6 Å². The quantitative estimate of drug-likeness (QED) is 0.430. The Morgan fingerprint density at radius 3 is 2.68 bits per heavy atom. The van der Waals surface area contributed by atoms with Crippen molar-refractivity contribution in [2.24, 2.45) is 5.92 Å². The minimum atomic E-state index is -1.34. The van der Waals surface area contributed by atoms with Crippen LogP contribution < -0.4 is 20.1 Å². The molecule has 3 aromatic rings. The average molecular weight is 557 g/mol. The summed E-state index contributed by atoms with van der Waals surface area (Å²) in [5.41, 5.74) is 0.436. The van der Waals surface area contributed by atoms with Gasteiger partial charge in [0.2, 0.25) is 11.7 Å². The molecule has 1 aliphatic heterocycles. The van der Waals surface area contributed by atoms with Crippen molar-refractivity contribution in [1.29, 1.82) is 5.26 Å². The highest BCUT2D eigenvalue weighted by atomic mass is 16.5. The number of nitrogens with one attached hydrogen (secondary N) is 2. The van der Waals surface area contributed by atoms with Crippen LogP contribution in [0.2, 0.25) is 0 Å². The summed E-state index contributed by atoms with van der Waals surface area (Å²) >= 11 is 0. The Bertz CT molecular complexity index is 1580. The van der Waals surface area contributed by atoms with Gasteiger partial charge < -0.3 is 29.4 Å². The Hall–Kier alpha value is -4.52. The van der Waals surface area contributed by atoms with Crippen LogP contribution in [0.25, 0.3) is 11.0 Å². The third kappa shape index (κ3) is 4.86. The number of rotatable bonds is 8. The van der Waals surface area contributed by atoms with Crippen molar-refractivity contribution < 1.29 is 28.3 Å². The number of fused-ring (bicyclic) bond motifs is 3. The molecule has 2 aromatic carbocycles. The van der Waals surface area contributed by atoms with Gasteiger partial charge in [0.05, 0.1) is 24.1 Å². The molecule has 0 radical (unpaired) electrons. The first-order valence-corrected chi connectivity index (χ1v) is 14.0. The van der Waals surface area contributed by atoms with E-state index in [2.05, 4.69) is 16.7 Å². The molecule has 3 aliphatic rings. The van der Waals surface area contributed by atoms with Crippen LogP contribution in [0.5, 0.6) is 11.5 Å². The number of hydrogen-bond donors (Lipinski definition) is 2. The molecule has 1 atom stereocenters. The van der Waals surface area contributed by atoms with Crippen LogP contribution in [0.15, 0.2) is 40.8 Å². The molecule has 0 saturated heterocycles. The molecule has 2 N–H and O–H groups in total. The van der Waals surface area contributed by atoms with Crippen LogP contribution in [0.1, 0.15) is 71.1 Å². The van der Waals surface area contributed by atoms with E-state index in [0.29, 0.717) is 45.9 Å². The van der Waals surface area contributed by atoms with E-state index in [1.807, 2.05) is 0 Å². The molecule has 6 rings (SSSR count). The summed E-state index contributed by atoms with van der Waals surface area (Å²) in [5, 5.41) is 16.1. The maximum atomic E-state index is 14.0. The minimum Gasteiger partial charge on any atom is -0.496 e. The molecule has 1 unspecified atom stereocenters. The van der Waals surface area contributed by atoms with Gasteiger partial charge in [0, 0.05) is 30.3 Å². The van der Waals surface area contributed by atoms with E-state index in [4.69, 9.17) is 13.9 Å². The summed E-state index contributed by atoms with van der Waals surface area (Å²) in [6, 6.07) is 12.5. The lowest BCUT2D eigenvalue weighted by atomic mass is 9.93. The van der Waals surface area contributed by atoms with Gasteiger partial charge in [-0.3, -0.25) is 14.4 Å². The summed E-state index contributed by atoms with van der Waals surface area (Å²) in [4.78, 5) is 42.1. The van der Waals surface area contributed by atoms with E-state index < -0.39 is 17.4 Å². The summed E-state index contributed by atoms with van der Waals surface area (Å²) in [7, 11) is 1.51. The van der Waals surface area contributed by atoms with Gasteiger partial charge in [-0.25, -0.2) is 0 Å². The molecule has 41 heavy (non-hydrogen) atoms. The highest BCUT2D eigenvalue weighted by Gasteiger charge is 2.49. The highest BCUT2D eigenvalue weighted by molar-refractivity contribution is 6.06. The molecule has 2 aliphatic carbocycles. The van der Waals surface area contributed by atoms with E-state index in [0.717, 1.165) is 32.1 Å². The molecule has 2 saturated carbocycles. The van der Waals surface area contributed by atoms with Gasteiger partial charge in [-0.1, -0.05) is 6.07 Å². The van der Waals surface area contributed by atoms with Crippen LogP contribution in [-0.2, 0) is 11.3 Å². The molecule has 10 nitrogen and oxygen atoms in total. The summed E-state index contributed by atoms with van der Waals surface area (Å²) in [5.74, 6) is 0.0428. The number of hydrogen-bond acceptors (Lipinski definition) is 7. The minimum absolute atomic E-state index is 0.0187. The second kappa shape index (κ2) is 10.5. The second-order valence-electron chi connectivity index (χ2n) is 11.3. The number of nitrogens with zero attached hydrogens (tertiary/aromatic N) is 2.